The van der Waals surface area contributed by atoms with Gasteiger partial charge >= 0.3 is 0 Å². The maximum absolute atomic E-state index is 5.10. The maximum atomic E-state index is 5.10. The molecule has 0 N–H and O–H groups in total. The third-order valence-corrected chi connectivity index (χ3v) is 8.17. The predicted molar refractivity (Wildman–Crippen MR) is 156 cm³/mol. The molecular formula is C33H19N3S. The molecule has 0 fully saturated rings. The van der Waals surface area contributed by atoms with Gasteiger partial charge in [-0.25, -0.2) is 9.97 Å². The third-order valence-electron chi connectivity index (χ3n) is 7.10. The molecule has 0 saturated heterocycles. The van der Waals surface area contributed by atoms with Crippen LogP contribution in [-0.4, -0.2) is 15.0 Å². The second-order valence-corrected chi connectivity index (χ2v) is 10.3. The van der Waals surface area contributed by atoms with Crippen LogP contribution in [-0.2, 0) is 0 Å². The highest BCUT2D eigenvalue weighted by Crippen LogP contribution is 2.43. The summed E-state index contributed by atoms with van der Waals surface area (Å²) >= 11 is 1.76. The lowest BCUT2D eigenvalue weighted by molar-refractivity contribution is 1.37. The van der Waals surface area contributed by atoms with E-state index in [1.54, 1.807) is 11.3 Å². The monoisotopic (exact) mass is 489 g/mol. The van der Waals surface area contributed by atoms with Crippen molar-refractivity contribution in [2.75, 3.05) is 0 Å². The largest absolute Gasteiger partial charge is 0.254 e. The minimum Gasteiger partial charge on any atom is -0.254 e. The Morgan fingerprint density at radius 2 is 1.35 bits per heavy atom. The third kappa shape index (κ3) is 3.16. The van der Waals surface area contributed by atoms with Crippen LogP contribution in [0.2, 0.25) is 0 Å². The Kier molecular flexibility index (Phi) is 4.39. The van der Waals surface area contributed by atoms with Gasteiger partial charge in [-0.3, -0.25) is 4.98 Å². The smallest absolute Gasteiger partial charge is 0.125 e. The van der Waals surface area contributed by atoms with E-state index >= 15 is 0 Å². The average Bonchev–Trinajstić information content (AvgIpc) is 3.33. The van der Waals surface area contributed by atoms with Crippen molar-refractivity contribution < 1.29 is 0 Å². The molecule has 8 rings (SSSR count). The van der Waals surface area contributed by atoms with Crippen molar-refractivity contribution in [2.45, 2.75) is 0 Å². The highest BCUT2D eigenvalue weighted by atomic mass is 32.1. The van der Waals surface area contributed by atoms with Crippen LogP contribution < -0.4 is 0 Å². The number of benzene rings is 4. The zero-order valence-corrected chi connectivity index (χ0v) is 20.5. The van der Waals surface area contributed by atoms with Crippen LogP contribution >= 0.6 is 11.3 Å². The van der Waals surface area contributed by atoms with Crippen molar-refractivity contribution in [2.24, 2.45) is 0 Å². The fourth-order valence-corrected chi connectivity index (χ4v) is 6.49. The predicted octanol–water partition coefficient (Wildman–Crippen LogP) is 9.03. The van der Waals surface area contributed by atoms with E-state index < -0.39 is 0 Å². The van der Waals surface area contributed by atoms with Crippen LogP contribution in [0.1, 0.15) is 0 Å². The van der Waals surface area contributed by atoms with E-state index in [1.807, 2.05) is 12.3 Å². The minimum absolute atomic E-state index is 0.932. The van der Waals surface area contributed by atoms with Gasteiger partial charge < -0.3 is 0 Å². The molecule has 3 nitrogen and oxygen atoms in total. The zero-order chi connectivity index (χ0) is 24.3. The Morgan fingerprint density at radius 1 is 0.568 bits per heavy atom. The van der Waals surface area contributed by atoms with Crippen molar-refractivity contribution in [3.05, 3.63) is 115 Å². The number of pyridine rings is 3. The molecule has 0 saturated carbocycles. The molecule has 0 aliphatic heterocycles. The number of aromatic nitrogens is 3. The lowest BCUT2D eigenvalue weighted by atomic mass is 9.94. The Bertz CT molecular complexity index is 2160. The molecule has 0 unspecified atom stereocenters. The number of fused-ring (bicyclic) bond motifs is 7. The molecule has 0 bridgehead atoms. The van der Waals surface area contributed by atoms with E-state index in [-0.39, 0.29) is 0 Å². The fraction of sp³-hybridized carbons (Fsp3) is 0. The summed E-state index contributed by atoms with van der Waals surface area (Å²) in [5, 5.41) is 5.83. The fourth-order valence-electron chi connectivity index (χ4n) is 5.40. The SMILES string of the molecule is c1cc(-c2ccc3ccc4cccnc4c3n2)cc(-c2c3ccccc3nc3sc4ccccc4c23)c1. The Hall–Kier alpha value is -4.67. The summed E-state index contributed by atoms with van der Waals surface area (Å²) in [5.41, 5.74) is 7.31. The quantitative estimate of drug-likeness (QED) is 0.227. The van der Waals surface area contributed by atoms with Gasteiger partial charge in [-0.1, -0.05) is 78.9 Å². The molecule has 4 heteroatoms. The molecule has 172 valence electrons. The second kappa shape index (κ2) is 7.92. The molecule has 0 radical (unpaired) electrons. The van der Waals surface area contributed by atoms with Gasteiger partial charge in [-0.15, -0.1) is 11.3 Å². The molecule has 4 heterocycles. The zero-order valence-electron chi connectivity index (χ0n) is 19.7. The molecule has 0 aliphatic carbocycles. The van der Waals surface area contributed by atoms with Crippen molar-refractivity contribution in [3.8, 4) is 22.4 Å². The van der Waals surface area contributed by atoms with Gasteiger partial charge in [0.25, 0.3) is 0 Å². The molecule has 0 atom stereocenters. The number of para-hydroxylation sites is 1. The van der Waals surface area contributed by atoms with Gasteiger partial charge in [0.1, 0.15) is 4.83 Å². The first-order valence-electron chi connectivity index (χ1n) is 12.3. The normalized spacial score (nSPS) is 11.8. The minimum atomic E-state index is 0.932. The summed E-state index contributed by atoms with van der Waals surface area (Å²) < 4.78 is 1.26. The summed E-state index contributed by atoms with van der Waals surface area (Å²) in [5.74, 6) is 0. The average molecular weight is 490 g/mol. The van der Waals surface area contributed by atoms with Crippen molar-refractivity contribution >= 4 is 64.3 Å². The van der Waals surface area contributed by atoms with E-state index in [0.29, 0.717) is 0 Å². The van der Waals surface area contributed by atoms with E-state index in [0.717, 1.165) is 48.8 Å². The van der Waals surface area contributed by atoms with Gasteiger partial charge in [-0.05, 0) is 35.9 Å². The standard InChI is InChI=1S/C33H19N3S/c1-3-12-27-24(10-1)29(30-25-11-2-4-13-28(25)37-33(30)36-27)23-8-5-7-22(19-23)26-17-16-21-15-14-20-9-6-18-34-31(20)32(21)35-26/h1-19H. The van der Waals surface area contributed by atoms with Crippen LogP contribution in [0.25, 0.3) is 75.4 Å². The van der Waals surface area contributed by atoms with Crippen LogP contribution in [0.3, 0.4) is 0 Å². The summed E-state index contributed by atoms with van der Waals surface area (Å²) in [6, 6.07) is 38.3. The van der Waals surface area contributed by atoms with Crippen LogP contribution in [0.15, 0.2) is 115 Å². The first kappa shape index (κ1) is 20.5. The highest BCUT2D eigenvalue weighted by Gasteiger charge is 2.17. The van der Waals surface area contributed by atoms with Gasteiger partial charge in [-0.2, -0.15) is 0 Å². The molecule has 37 heavy (non-hydrogen) atoms. The summed E-state index contributed by atoms with van der Waals surface area (Å²) in [6.45, 7) is 0. The van der Waals surface area contributed by atoms with Crippen LogP contribution in [0.4, 0.5) is 0 Å². The number of hydrogen-bond donors (Lipinski definition) is 0. The lowest BCUT2D eigenvalue weighted by Gasteiger charge is -2.12. The van der Waals surface area contributed by atoms with E-state index in [1.165, 1.54) is 26.6 Å². The Balaban J connectivity index is 1.40. The van der Waals surface area contributed by atoms with Crippen LogP contribution in [0.5, 0.6) is 0 Å². The van der Waals surface area contributed by atoms with E-state index in [2.05, 4.69) is 108 Å². The first-order valence-corrected chi connectivity index (χ1v) is 13.1. The summed E-state index contributed by atoms with van der Waals surface area (Å²) in [6.07, 6.45) is 1.84. The second-order valence-electron chi connectivity index (χ2n) is 9.27. The maximum Gasteiger partial charge on any atom is 0.125 e. The molecule has 0 amide bonds. The van der Waals surface area contributed by atoms with Gasteiger partial charge in [0.05, 0.1) is 22.2 Å². The Morgan fingerprint density at radius 3 is 2.30 bits per heavy atom. The topological polar surface area (TPSA) is 38.7 Å². The number of rotatable bonds is 2. The highest BCUT2D eigenvalue weighted by molar-refractivity contribution is 7.25. The number of thiophene rings is 1. The number of nitrogens with zero attached hydrogens (tertiary/aromatic N) is 3. The molecule has 0 aliphatic rings. The van der Waals surface area contributed by atoms with Crippen LogP contribution in [0, 0.1) is 0 Å². The van der Waals surface area contributed by atoms with E-state index in [4.69, 9.17) is 9.97 Å². The lowest BCUT2D eigenvalue weighted by Crippen LogP contribution is -1.90. The molecular weight excluding hydrogens is 470 g/mol. The van der Waals surface area contributed by atoms with Gasteiger partial charge in [0.15, 0.2) is 0 Å². The Labute approximate surface area is 216 Å². The van der Waals surface area contributed by atoms with E-state index in [9.17, 15) is 0 Å². The molecule has 8 aromatic rings. The summed E-state index contributed by atoms with van der Waals surface area (Å²) in [7, 11) is 0. The molecule has 4 aromatic heterocycles. The van der Waals surface area contributed by atoms with Gasteiger partial charge in [0.2, 0.25) is 0 Å². The first-order chi connectivity index (χ1) is 18.3. The van der Waals surface area contributed by atoms with Crippen molar-refractivity contribution in [1.29, 1.82) is 0 Å². The molecule has 0 spiro atoms. The van der Waals surface area contributed by atoms with Crippen molar-refractivity contribution in [3.63, 3.8) is 0 Å². The van der Waals surface area contributed by atoms with Crippen molar-refractivity contribution in [1.82, 2.24) is 15.0 Å². The number of hydrogen-bond acceptors (Lipinski definition) is 4. The van der Waals surface area contributed by atoms with Gasteiger partial charge in [0, 0.05) is 49.0 Å². The summed E-state index contributed by atoms with van der Waals surface area (Å²) in [4.78, 5) is 15.8. The molecule has 4 aromatic carbocycles.